The van der Waals surface area contributed by atoms with Crippen LogP contribution in [0.3, 0.4) is 0 Å². The van der Waals surface area contributed by atoms with Gasteiger partial charge in [-0.25, -0.2) is 0 Å². The van der Waals surface area contributed by atoms with E-state index in [1.54, 1.807) is 19.1 Å². The largest absolute Gasteiger partial charge is 0.294 e. The van der Waals surface area contributed by atoms with Crippen molar-refractivity contribution in [1.29, 1.82) is 0 Å². The summed E-state index contributed by atoms with van der Waals surface area (Å²) < 4.78 is 30.2. The van der Waals surface area contributed by atoms with Crippen molar-refractivity contribution in [3.05, 3.63) is 36.4 Å². The van der Waals surface area contributed by atoms with E-state index in [0.29, 0.717) is 5.56 Å². The van der Waals surface area contributed by atoms with Gasteiger partial charge >= 0.3 is 0 Å². The molecule has 0 aliphatic carbocycles. The van der Waals surface area contributed by atoms with Gasteiger partial charge in [-0.05, 0) is 24.6 Å². The second-order valence-corrected chi connectivity index (χ2v) is 4.20. The summed E-state index contributed by atoms with van der Waals surface area (Å²) in [5.74, 6) is 0. The molecule has 0 spiro atoms. The fourth-order valence-corrected chi connectivity index (χ4v) is 1.45. The van der Waals surface area contributed by atoms with E-state index in [-0.39, 0.29) is 4.90 Å². The van der Waals surface area contributed by atoms with Crippen LogP contribution in [0.25, 0.3) is 5.57 Å². The highest BCUT2D eigenvalue weighted by Crippen LogP contribution is 2.16. The molecule has 0 atom stereocenters. The molecule has 0 saturated heterocycles. The highest BCUT2D eigenvalue weighted by molar-refractivity contribution is 7.85. The van der Waals surface area contributed by atoms with Gasteiger partial charge in [-0.3, -0.25) is 4.55 Å². The topological polar surface area (TPSA) is 54.4 Å². The Labute approximate surface area is 77.5 Å². The molecule has 1 rings (SSSR count). The van der Waals surface area contributed by atoms with E-state index in [1.165, 1.54) is 12.1 Å². The second kappa shape index (κ2) is 3.32. The normalized spacial score (nSPS) is 11.2. The fourth-order valence-electron chi connectivity index (χ4n) is 0.922. The van der Waals surface area contributed by atoms with Gasteiger partial charge in [0.2, 0.25) is 0 Å². The van der Waals surface area contributed by atoms with Gasteiger partial charge < -0.3 is 0 Å². The first-order valence-corrected chi connectivity index (χ1v) is 5.09. The third-order valence-corrected chi connectivity index (χ3v) is 2.47. The van der Waals surface area contributed by atoms with Crippen LogP contribution in [0.2, 0.25) is 0 Å². The van der Waals surface area contributed by atoms with Gasteiger partial charge in [0.1, 0.15) is 0 Å². The summed E-state index contributed by atoms with van der Waals surface area (Å²) >= 11 is 0. The standard InChI is InChI=1S/C9H10O3S/c1-7(2)8-4-3-5-9(6-8)13(10,11)12/h3-6H,1H2,2H3,(H,10,11,12). The third-order valence-electron chi connectivity index (χ3n) is 1.62. The van der Waals surface area contributed by atoms with E-state index in [0.717, 1.165) is 5.57 Å². The molecule has 70 valence electrons. The maximum absolute atomic E-state index is 10.7. The molecule has 0 aliphatic heterocycles. The lowest BCUT2D eigenvalue weighted by Crippen LogP contribution is -1.98. The molecular formula is C9H10O3S. The Morgan fingerprint density at radius 3 is 2.54 bits per heavy atom. The van der Waals surface area contributed by atoms with Crippen LogP contribution < -0.4 is 0 Å². The fraction of sp³-hybridized carbons (Fsp3) is 0.111. The van der Waals surface area contributed by atoms with Gasteiger partial charge in [0, 0.05) is 0 Å². The molecule has 3 nitrogen and oxygen atoms in total. The number of hydrogen-bond donors (Lipinski definition) is 1. The van der Waals surface area contributed by atoms with Gasteiger partial charge in [0.25, 0.3) is 10.1 Å². The molecule has 1 aromatic rings. The average Bonchev–Trinajstić information content (AvgIpc) is 2.03. The van der Waals surface area contributed by atoms with Crippen molar-refractivity contribution >= 4 is 15.7 Å². The van der Waals surface area contributed by atoms with Gasteiger partial charge in [0.05, 0.1) is 4.90 Å². The van der Waals surface area contributed by atoms with Gasteiger partial charge in [-0.15, -0.1) is 0 Å². The molecule has 0 bridgehead atoms. The Balaban J connectivity index is 3.29. The molecule has 0 heterocycles. The monoisotopic (exact) mass is 198 g/mol. The summed E-state index contributed by atoms with van der Waals surface area (Å²) in [6, 6.07) is 6.02. The molecule has 4 heteroatoms. The summed E-state index contributed by atoms with van der Waals surface area (Å²) in [5, 5.41) is 0. The van der Waals surface area contributed by atoms with E-state index >= 15 is 0 Å². The van der Waals surface area contributed by atoms with Crippen LogP contribution in [-0.2, 0) is 10.1 Å². The number of hydrogen-bond acceptors (Lipinski definition) is 2. The van der Waals surface area contributed by atoms with Crippen molar-refractivity contribution < 1.29 is 13.0 Å². The van der Waals surface area contributed by atoms with Crippen LogP contribution >= 0.6 is 0 Å². The van der Waals surface area contributed by atoms with Gasteiger partial charge in [0.15, 0.2) is 0 Å². The molecule has 0 fully saturated rings. The summed E-state index contributed by atoms with van der Waals surface area (Å²) in [6.07, 6.45) is 0. The summed E-state index contributed by atoms with van der Waals surface area (Å²) in [7, 11) is -4.10. The predicted molar refractivity (Wildman–Crippen MR) is 51.0 cm³/mol. The maximum atomic E-state index is 10.7. The lowest BCUT2D eigenvalue weighted by Gasteiger charge is -2.01. The van der Waals surface area contributed by atoms with Crippen molar-refractivity contribution in [2.24, 2.45) is 0 Å². The summed E-state index contributed by atoms with van der Waals surface area (Å²) in [5.41, 5.74) is 1.46. The van der Waals surface area contributed by atoms with E-state index < -0.39 is 10.1 Å². The smallest absolute Gasteiger partial charge is 0.282 e. The van der Waals surface area contributed by atoms with E-state index in [4.69, 9.17) is 4.55 Å². The highest BCUT2D eigenvalue weighted by Gasteiger charge is 2.09. The molecule has 1 aromatic carbocycles. The predicted octanol–water partition coefficient (Wildman–Crippen LogP) is 1.97. The lowest BCUT2D eigenvalue weighted by atomic mass is 10.1. The summed E-state index contributed by atoms with van der Waals surface area (Å²) in [4.78, 5) is -0.104. The van der Waals surface area contributed by atoms with Crippen LogP contribution in [0.4, 0.5) is 0 Å². The first-order chi connectivity index (χ1) is 5.91. The molecule has 13 heavy (non-hydrogen) atoms. The van der Waals surface area contributed by atoms with Crippen LogP contribution in [0.1, 0.15) is 12.5 Å². The highest BCUT2D eigenvalue weighted by atomic mass is 32.2. The maximum Gasteiger partial charge on any atom is 0.294 e. The minimum Gasteiger partial charge on any atom is -0.282 e. The van der Waals surface area contributed by atoms with E-state index in [9.17, 15) is 8.42 Å². The average molecular weight is 198 g/mol. The lowest BCUT2D eigenvalue weighted by molar-refractivity contribution is 0.483. The van der Waals surface area contributed by atoms with Crippen molar-refractivity contribution in [3.63, 3.8) is 0 Å². The zero-order valence-corrected chi connectivity index (χ0v) is 8.00. The molecule has 0 aromatic heterocycles. The Hall–Kier alpha value is -1.13. The van der Waals surface area contributed by atoms with Crippen LogP contribution in [-0.4, -0.2) is 13.0 Å². The van der Waals surface area contributed by atoms with Crippen LogP contribution in [0.5, 0.6) is 0 Å². The van der Waals surface area contributed by atoms with Crippen molar-refractivity contribution in [3.8, 4) is 0 Å². The molecule has 1 N–H and O–H groups in total. The van der Waals surface area contributed by atoms with Gasteiger partial charge in [-0.1, -0.05) is 24.3 Å². The molecule has 0 radical (unpaired) electrons. The SMILES string of the molecule is C=C(C)c1cccc(S(=O)(=O)O)c1. The van der Waals surface area contributed by atoms with Crippen LogP contribution in [0, 0.1) is 0 Å². The number of allylic oxidation sites excluding steroid dienone is 1. The minimum atomic E-state index is -4.10. The minimum absolute atomic E-state index is 0.104. The van der Waals surface area contributed by atoms with Gasteiger partial charge in [-0.2, -0.15) is 8.42 Å². The summed E-state index contributed by atoms with van der Waals surface area (Å²) in [6.45, 7) is 5.44. The molecular weight excluding hydrogens is 188 g/mol. The quantitative estimate of drug-likeness (QED) is 0.739. The first-order valence-electron chi connectivity index (χ1n) is 3.64. The van der Waals surface area contributed by atoms with Crippen molar-refractivity contribution in [2.45, 2.75) is 11.8 Å². The van der Waals surface area contributed by atoms with E-state index in [2.05, 4.69) is 6.58 Å². The Morgan fingerprint density at radius 1 is 1.46 bits per heavy atom. The zero-order valence-electron chi connectivity index (χ0n) is 7.19. The molecule has 0 saturated carbocycles. The number of benzene rings is 1. The van der Waals surface area contributed by atoms with Crippen molar-refractivity contribution in [2.75, 3.05) is 0 Å². The first kappa shape index (κ1) is 9.95. The molecule has 0 aliphatic rings. The van der Waals surface area contributed by atoms with E-state index in [1.807, 2.05) is 0 Å². The molecule has 0 unspecified atom stereocenters. The third kappa shape index (κ3) is 2.40. The second-order valence-electron chi connectivity index (χ2n) is 2.78. The Kier molecular flexibility index (Phi) is 2.54. The van der Waals surface area contributed by atoms with Crippen molar-refractivity contribution in [1.82, 2.24) is 0 Å². The van der Waals surface area contributed by atoms with Crippen LogP contribution in [0.15, 0.2) is 35.7 Å². The zero-order chi connectivity index (χ0) is 10.1. The Bertz CT molecular complexity index is 432. The Morgan fingerprint density at radius 2 is 2.08 bits per heavy atom. The molecule has 0 amide bonds. The number of rotatable bonds is 2.